The van der Waals surface area contributed by atoms with Crippen LogP contribution < -0.4 is 5.32 Å². The molecule has 0 bridgehead atoms. The fraction of sp³-hybridized carbons (Fsp3) is 0.0526. The highest BCUT2D eigenvalue weighted by molar-refractivity contribution is 7.99. The van der Waals surface area contributed by atoms with E-state index in [-0.39, 0.29) is 11.5 Å². The zero-order valence-electron chi connectivity index (χ0n) is 12.7. The molecule has 3 rings (SSSR count). The summed E-state index contributed by atoms with van der Waals surface area (Å²) in [6.45, 7) is 0.558. The number of hydrogen-bond acceptors (Lipinski definition) is 4. The van der Waals surface area contributed by atoms with Gasteiger partial charge in [-0.3, -0.25) is 0 Å². The van der Waals surface area contributed by atoms with Gasteiger partial charge in [0.2, 0.25) is 0 Å². The van der Waals surface area contributed by atoms with Crippen molar-refractivity contribution in [1.82, 2.24) is 0 Å². The molecular formula is C19H16ClNO2S. The van der Waals surface area contributed by atoms with Crippen molar-refractivity contribution >= 4 is 29.1 Å². The van der Waals surface area contributed by atoms with Crippen LogP contribution in [-0.4, -0.2) is 10.2 Å². The van der Waals surface area contributed by atoms with Crippen molar-refractivity contribution in [2.24, 2.45) is 0 Å². The molecule has 24 heavy (non-hydrogen) atoms. The molecule has 122 valence electrons. The number of phenolic OH excluding ortho intramolecular Hbond substituents is 2. The van der Waals surface area contributed by atoms with E-state index < -0.39 is 0 Å². The van der Waals surface area contributed by atoms with Crippen LogP contribution in [0.15, 0.2) is 76.5 Å². The molecule has 0 radical (unpaired) electrons. The van der Waals surface area contributed by atoms with Crippen molar-refractivity contribution in [2.75, 3.05) is 5.32 Å². The molecule has 0 atom stereocenters. The summed E-state index contributed by atoms with van der Waals surface area (Å²) in [4.78, 5) is 2.19. The van der Waals surface area contributed by atoms with Crippen LogP contribution >= 0.6 is 23.4 Å². The third kappa shape index (κ3) is 4.16. The summed E-state index contributed by atoms with van der Waals surface area (Å²) in [6, 6.07) is 20.3. The minimum Gasteiger partial charge on any atom is -0.508 e. The Morgan fingerprint density at radius 2 is 1.75 bits per heavy atom. The van der Waals surface area contributed by atoms with Crippen molar-refractivity contribution in [3.63, 3.8) is 0 Å². The first-order valence-electron chi connectivity index (χ1n) is 7.39. The Labute approximate surface area is 149 Å². The molecule has 0 saturated carbocycles. The molecule has 0 aliphatic rings. The van der Waals surface area contributed by atoms with E-state index in [0.717, 1.165) is 15.4 Å². The molecule has 3 aromatic carbocycles. The standard InChI is InChI=1S/C19H16ClNO2S/c20-14-5-3-6-16(10-14)24-19-7-2-1-4-13(19)12-21-17-9-8-15(22)11-18(17)23/h1-11,21-23H,12H2. The molecule has 0 saturated heterocycles. The van der Waals surface area contributed by atoms with Gasteiger partial charge in [0.1, 0.15) is 11.5 Å². The zero-order chi connectivity index (χ0) is 16.9. The van der Waals surface area contributed by atoms with Crippen LogP contribution in [0.3, 0.4) is 0 Å². The van der Waals surface area contributed by atoms with Gasteiger partial charge >= 0.3 is 0 Å². The topological polar surface area (TPSA) is 52.5 Å². The third-order valence-electron chi connectivity index (χ3n) is 3.45. The monoisotopic (exact) mass is 357 g/mol. The lowest BCUT2D eigenvalue weighted by atomic mass is 10.2. The number of rotatable bonds is 5. The maximum Gasteiger partial charge on any atom is 0.142 e. The summed E-state index contributed by atoms with van der Waals surface area (Å²) < 4.78 is 0. The SMILES string of the molecule is Oc1ccc(NCc2ccccc2Sc2cccc(Cl)c2)c(O)c1. The predicted octanol–water partition coefficient (Wildman–Crippen LogP) is 5.51. The van der Waals surface area contributed by atoms with Crippen molar-refractivity contribution < 1.29 is 10.2 Å². The molecular weight excluding hydrogens is 342 g/mol. The van der Waals surface area contributed by atoms with E-state index in [0.29, 0.717) is 17.3 Å². The fourth-order valence-electron chi connectivity index (χ4n) is 2.27. The lowest BCUT2D eigenvalue weighted by Gasteiger charge is -2.12. The van der Waals surface area contributed by atoms with Gasteiger partial charge < -0.3 is 15.5 Å². The summed E-state index contributed by atoms with van der Waals surface area (Å²) in [5.41, 5.74) is 1.69. The van der Waals surface area contributed by atoms with Gasteiger partial charge in [-0.1, -0.05) is 47.6 Å². The molecule has 0 unspecified atom stereocenters. The molecule has 3 N–H and O–H groups in total. The van der Waals surface area contributed by atoms with Gasteiger partial charge in [0.15, 0.2) is 0 Å². The van der Waals surface area contributed by atoms with Crippen LogP contribution in [-0.2, 0) is 6.54 Å². The quantitative estimate of drug-likeness (QED) is 0.416. The number of phenols is 2. The maximum absolute atomic E-state index is 9.86. The highest BCUT2D eigenvalue weighted by Crippen LogP contribution is 2.33. The van der Waals surface area contributed by atoms with E-state index in [1.807, 2.05) is 42.5 Å². The highest BCUT2D eigenvalue weighted by Gasteiger charge is 2.07. The number of benzene rings is 3. The van der Waals surface area contributed by atoms with Gasteiger partial charge in [-0.15, -0.1) is 0 Å². The van der Waals surface area contributed by atoms with E-state index in [2.05, 4.69) is 11.4 Å². The highest BCUT2D eigenvalue weighted by atomic mass is 35.5. The molecule has 0 spiro atoms. The number of aromatic hydroxyl groups is 2. The van der Waals surface area contributed by atoms with Crippen LogP contribution in [0, 0.1) is 0 Å². The van der Waals surface area contributed by atoms with E-state index in [1.165, 1.54) is 12.1 Å². The van der Waals surface area contributed by atoms with E-state index in [1.54, 1.807) is 17.8 Å². The van der Waals surface area contributed by atoms with E-state index >= 15 is 0 Å². The number of nitrogens with one attached hydrogen (secondary N) is 1. The Balaban J connectivity index is 1.76. The van der Waals surface area contributed by atoms with E-state index in [9.17, 15) is 10.2 Å². The summed E-state index contributed by atoms with van der Waals surface area (Å²) in [5.74, 6) is 0.0601. The summed E-state index contributed by atoms with van der Waals surface area (Å²) >= 11 is 7.69. The molecule has 0 aromatic heterocycles. The van der Waals surface area contributed by atoms with Crippen molar-refractivity contribution in [3.05, 3.63) is 77.3 Å². The van der Waals surface area contributed by atoms with Crippen molar-refractivity contribution in [3.8, 4) is 11.5 Å². The van der Waals surface area contributed by atoms with Gasteiger partial charge in [0.25, 0.3) is 0 Å². The van der Waals surface area contributed by atoms with Gasteiger partial charge in [-0.05, 0) is 42.0 Å². The second kappa shape index (κ2) is 7.51. The fourth-order valence-corrected chi connectivity index (χ4v) is 3.53. The normalized spacial score (nSPS) is 10.5. The number of anilines is 1. The average molecular weight is 358 g/mol. The Bertz CT molecular complexity index is 854. The van der Waals surface area contributed by atoms with Crippen molar-refractivity contribution in [1.29, 1.82) is 0 Å². The lowest BCUT2D eigenvalue weighted by molar-refractivity contribution is 0.452. The Morgan fingerprint density at radius 1 is 0.917 bits per heavy atom. The van der Waals surface area contributed by atoms with Crippen LogP contribution in [0.2, 0.25) is 5.02 Å². The first-order chi connectivity index (χ1) is 11.6. The second-order valence-corrected chi connectivity index (χ2v) is 6.77. The molecule has 0 aliphatic heterocycles. The van der Waals surface area contributed by atoms with Crippen LogP contribution in [0.1, 0.15) is 5.56 Å². The minimum absolute atomic E-state index is 0.0231. The van der Waals surface area contributed by atoms with Gasteiger partial charge in [-0.25, -0.2) is 0 Å². The smallest absolute Gasteiger partial charge is 0.142 e. The van der Waals surface area contributed by atoms with Gasteiger partial charge in [0, 0.05) is 27.4 Å². The van der Waals surface area contributed by atoms with Crippen LogP contribution in [0.5, 0.6) is 11.5 Å². The molecule has 3 aromatic rings. The van der Waals surface area contributed by atoms with E-state index in [4.69, 9.17) is 11.6 Å². The molecule has 0 heterocycles. The maximum atomic E-state index is 9.86. The second-order valence-electron chi connectivity index (χ2n) is 5.22. The molecule has 3 nitrogen and oxygen atoms in total. The molecule has 5 heteroatoms. The Hall–Kier alpha value is -2.30. The average Bonchev–Trinajstić information content (AvgIpc) is 2.55. The van der Waals surface area contributed by atoms with Crippen LogP contribution in [0.25, 0.3) is 0 Å². The first kappa shape index (κ1) is 16.6. The predicted molar refractivity (Wildman–Crippen MR) is 99.1 cm³/mol. The van der Waals surface area contributed by atoms with Crippen LogP contribution in [0.4, 0.5) is 5.69 Å². The summed E-state index contributed by atoms with van der Waals surface area (Å²) in [5, 5.41) is 23.1. The van der Waals surface area contributed by atoms with Gasteiger partial charge in [0.05, 0.1) is 5.69 Å². The number of halogens is 1. The molecule has 0 fully saturated rings. The Morgan fingerprint density at radius 3 is 2.54 bits per heavy atom. The Kier molecular flexibility index (Phi) is 5.18. The largest absolute Gasteiger partial charge is 0.508 e. The lowest BCUT2D eigenvalue weighted by Crippen LogP contribution is -2.01. The molecule has 0 aliphatic carbocycles. The van der Waals surface area contributed by atoms with Gasteiger partial charge in [-0.2, -0.15) is 0 Å². The molecule has 0 amide bonds. The van der Waals surface area contributed by atoms with Crippen molar-refractivity contribution in [2.45, 2.75) is 16.3 Å². The zero-order valence-corrected chi connectivity index (χ0v) is 14.3. The summed E-state index contributed by atoms with van der Waals surface area (Å²) in [6.07, 6.45) is 0. The third-order valence-corrected chi connectivity index (χ3v) is 4.79. The first-order valence-corrected chi connectivity index (χ1v) is 8.58. The summed E-state index contributed by atoms with van der Waals surface area (Å²) in [7, 11) is 0. The minimum atomic E-state index is 0.0231. The number of hydrogen-bond donors (Lipinski definition) is 3.